The van der Waals surface area contributed by atoms with Gasteiger partial charge in [0, 0.05) is 18.6 Å². The molecule has 0 aromatic heterocycles. The molecule has 1 fully saturated rings. The van der Waals surface area contributed by atoms with Crippen LogP contribution in [0.2, 0.25) is 0 Å². The van der Waals surface area contributed by atoms with Gasteiger partial charge in [0.1, 0.15) is 0 Å². The zero-order valence-electron chi connectivity index (χ0n) is 12.5. The van der Waals surface area contributed by atoms with Crippen LogP contribution in [0.15, 0.2) is 24.3 Å². The number of hydrogen-bond acceptors (Lipinski definition) is 2. The molecule has 1 aromatic rings. The largest absolute Gasteiger partial charge is 0.378 e. The van der Waals surface area contributed by atoms with E-state index in [1.807, 2.05) is 0 Å². The van der Waals surface area contributed by atoms with Gasteiger partial charge in [-0.15, -0.1) is 0 Å². The lowest BCUT2D eigenvalue weighted by molar-refractivity contribution is 0.0774. The summed E-state index contributed by atoms with van der Waals surface area (Å²) in [6.07, 6.45) is 3.87. The van der Waals surface area contributed by atoms with E-state index in [0.29, 0.717) is 18.1 Å². The number of ether oxygens (including phenoxy) is 1. The number of benzene rings is 1. The van der Waals surface area contributed by atoms with Crippen molar-refractivity contribution in [3.63, 3.8) is 0 Å². The maximum absolute atomic E-state index is 5.88. The summed E-state index contributed by atoms with van der Waals surface area (Å²) in [5.74, 6) is 0.610. The van der Waals surface area contributed by atoms with Crippen LogP contribution in [-0.4, -0.2) is 19.3 Å². The van der Waals surface area contributed by atoms with Gasteiger partial charge < -0.3 is 10.1 Å². The molecule has 0 saturated carbocycles. The van der Waals surface area contributed by atoms with Crippen molar-refractivity contribution in [1.29, 1.82) is 0 Å². The number of hydrogen-bond donors (Lipinski definition) is 1. The maximum Gasteiger partial charge on any atom is 0.0619 e. The van der Waals surface area contributed by atoms with Crippen molar-refractivity contribution in [2.24, 2.45) is 5.92 Å². The van der Waals surface area contributed by atoms with Crippen LogP contribution in [0.25, 0.3) is 0 Å². The van der Waals surface area contributed by atoms with E-state index >= 15 is 0 Å². The van der Waals surface area contributed by atoms with E-state index in [-0.39, 0.29) is 0 Å². The first-order valence-corrected chi connectivity index (χ1v) is 7.67. The molecular weight excluding hydrogens is 234 g/mol. The van der Waals surface area contributed by atoms with Crippen molar-refractivity contribution in [2.75, 3.05) is 13.2 Å². The second-order valence-corrected chi connectivity index (χ2v) is 5.61. The molecule has 106 valence electrons. The molecule has 0 bridgehead atoms. The van der Waals surface area contributed by atoms with E-state index in [0.717, 1.165) is 19.6 Å². The molecule has 0 spiro atoms. The molecule has 2 heteroatoms. The smallest absolute Gasteiger partial charge is 0.0619 e. The molecule has 3 atom stereocenters. The number of rotatable bonds is 6. The van der Waals surface area contributed by atoms with E-state index in [1.165, 1.54) is 24.0 Å². The van der Waals surface area contributed by atoms with Gasteiger partial charge >= 0.3 is 0 Å². The Kier molecular flexibility index (Phi) is 5.41. The minimum Gasteiger partial charge on any atom is -0.378 e. The van der Waals surface area contributed by atoms with Crippen molar-refractivity contribution in [1.82, 2.24) is 5.32 Å². The highest BCUT2D eigenvalue weighted by atomic mass is 16.5. The van der Waals surface area contributed by atoms with Crippen LogP contribution < -0.4 is 5.32 Å². The second-order valence-electron chi connectivity index (χ2n) is 5.61. The fourth-order valence-electron chi connectivity index (χ4n) is 3.06. The fourth-order valence-corrected chi connectivity index (χ4v) is 3.06. The molecule has 0 radical (unpaired) electrons. The monoisotopic (exact) mass is 261 g/mol. The summed E-state index contributed by atoms with van der Waals surface area (Å²) in [6.45, 7) is 8.59. The van der Waals surface area contributed by atoms with Gasteiger partial charge in [-0.3, -0.25) is 0 Å². The molecular formula is C17H27NO. The zero-order chi connectivity index (χ0) is 13.7. The van der Waals surface area contributed by atoms with E-state index in [2.05, 4.69) is 50.4 Å². The summed E-state index contributed by atoms with van der Waals surface area (Å²) < 4.78 is 5.88. The van der Waals surface area contributed by atoms with Crippen LogP contribution >= 0.6 is 0 Å². The summed E-state index contributed by atoms with van der Waals surface area (Å²) in [5.41, 5.74) is 2.74. The number of nitrogens with one attached hydrogen (secondary N) is 1. The fraction of sp³-hybridized carbons (Fsp3) is 0.647. The van der Waals surface area contributed by atoms with Gasteiger partial charge in [0.25, 0.3) is 0 Å². The second kappa shape index (κ2) is 7.06. The van der Waals surface area contributed by atoms with Gasteiger partial charge in [-0.1, -0.05) is 43.7 Å². The molecule has 1 N–H and O–H groups in total. The molecule has 1 heterocycles. The molecule has 0 amide bonds. The van der Waals surface area contributed by atoms with E-state index < -0.39 is 0 Å². The predicted octanol–water partition coefficient (Wildman–Crippen LogP) is 3.85. The molecule has 2 nitrogen and oxygen atoms in total. The minimum absolute atomic E-state index is 0.413. The average molecular weight is 261 g/mol. The Morgan fingerprint density at radius 1 is 1.26 bits per heavy atom. The predicted molar refractivity (Wildman–Crippen MR) is 80.4 cm³/mol. The summed E-state index contributed by atoms with van der Waals surface area (Å²) >= 11 is 0. The van der Waals surface area contributed by atoms with Crippen LogP contribution in [-0.2, 0) is 4.74 Å². The Labute approximate surface area is 117 Å². The first kappa shape index (κ1) is 14.5. The standard InChI is InChI=1S/C17H27NO/c1-4-11-18-17(14-8-6-13(3)7-9-14)15-10-12-19-16(15)5-2/h6-9,15-18H,4-5,10-12H2,1-3H3. The van der Waals surface area contributed by atoms with Gasteiger partial charge in [0.15, 0.2) is 0 Å². The van der Waals surface area contributed by atoms with Crippen LogP contribution in [0, 0.1) is 12.8 Å². The van der Waals surface area contributed by atoms with Crippen molar-refractivity contribution < 1.29 is 4.74 Å². The van der Waals surface area contributed by atoms with Crippen molar-refractivity contribution in [3.05, 3.63) is 35.4 Å². The Balaban J connectivity index is 2.17. The van der Waals surface area contributed by atoms with Gasteiger partial charge in [-0.2, -0.15) is 0 Å². The Morgan fingerprint density at radius 2 is 2.00 bits per heavy atom. The number of aryl methyl sites for hydroxylation is 1. The molecule has 0 aliphatic carbocycles. The average Bonchev–Trinajstić information content (AvgIpc) is 2.89. The SMILES string of the molecule is CCCNC(c1ccc(C)cc1)C1CCOC1CC. The van der Waals surface area contributed by atoms with Crippen LogP contribution in [0.4, 0.5) is 0 Å². The van der Waals surface area contributed by atoms with Crippen molar-refractivity contribution in [2.45, 2.75) is 52.2 Å². The molecule has 3 unspecified atom stereocenters. The normalized spacial score (nSPS) is 24.6. The third-order valence-electron chi connectivity index (χ3n) is 4.14. The van der Waals surface area contributed by atoms with Crippen molar-refractivity contribution >= 4 is 0 Å². The highest BCUT2D eigenvalue weighted by Gasteiger charge is 2.34. The molecule has 1 aliphatic rings. The van der Waals surface area contributed by atoms with Gasteiger partial charge in [-0.05, 0) is 38.3 Å². The highest BCUT2D eigenvalue weighted by molar-refractivity contribution is 5.25. The Bertz CT molecular complexity index is 373. The summed E-state index contributed by atoms with van der Waals surface area (Å²) in [6, 6.07) is 9.41. The molecule has 2 rings (SSSR count). The van der Waals surface area contributed by atoms with Gasteiger partial charge in [0.05, 0.1) is 6.10 Å². The van der Waals surface area contributed by atoms with E-state index in [4.69, 9.17) is 4.74 Å². The van der Waals surface area contributed by atoms with Crippen molar-refractivity contribution in [3.8, 4) is 0 Å². The maximum atomic E-state index is 5.88. The minimum atomic E-state index is 0.413. The lowest BCUT2D eigenvalue weighted by Crippen LogP contribution is -2.33. The van der Waals surface area contributed by atoms with Gasteiger partial charge in [0.2, 0.25) is 0 Å². The molecule has 1 aliphatic heterocycles. The highest BCUT2D eigenvalue weighted by Crippen LogP contribution is 2.34. The third-order valence-corrected chi connectivity index (χ3v) is 4.14. The first-order chi connectivity index (χ1) is 9.26. The quantitative estimate of drug-likeness (QED) is 0.840. The first-order valence-electron chi connectivity index (χ1n) is 7.67. The molecule has 19 heavy (non-hydrogen) atoms. The summed E-state index contributed by atoms with van der Waals surface area (Å²) in [7, 11) is 0. The third kappa shape index (κ3) is 3.58. The van der Waals surface area contributed by atoms with Crippen LogP contribution in [0.5, 0.6) is 0 Å². The molecule has 1 aromatic carbocycles. The Hall–Kier alpha value is -0.860. The van der Waals surface area contributed by atoms with E-state index in [9.17, 15) is 0 Å². The van der Waals surface area contributed by atoms with Crippen LogP contribution in [0.1, 0.15) is 50.3 Å². The summed E-state index contributed by atoms with van der Waals surface area (Å²) in [5, 5.41) is 3.73. The molecule has 1 saturated heterocycles. The van der Waals surface area contributed by atoms with Crippen LogP contribution in [0.3, 0.4) is 0 Å². The van der Waals surface area contributed by atoms with Gasteiger partial charge in [-0.25, -0.2) is 0 Å². The zero-order valence-corrected chi connectivity index (χ0v) is 12.5. The lowest BCUT2D eigenvalue weighted by Gasteiger charge is -2.28. The topological polar surface area (TPSA) is 21.3 Å². The summed E-state index contributed by atoms with van der Waals surface area (Å²) in [4.78, 5) is 0. The Morgan fingerprint density at radius 3 is 2.63 bits per heavy atom. The lowest BCUT2D eigenvalue weighted by atomic mass is 9.86. The van der Waals surface area contributed by atoms with E-state index in [1.54, 1.807) is 0 Å².